The Morgan fingerprint density at radius 1 is 1.40 bits per heavy atom. The number of likely N-dealkylation sites (N-methyl/N-ethyl adjacent to an activating group) is 1. The molecule has 1 N–H and O–H groups in total. The van der Waals surface area contributed by atoms with Crippen molar-refractivity contribution in [2.45, 2.75) is 58.2 Å². The topological polar surface area (TPSA) is 63.3 Å². The van der Waals surface area contributed by atoms with Crippen LogP contribution in [0.3, 0.4) is 0 Å². The fraction of sp³-hybridized carbons (Fsp3) is 0.579. The van der Waals surface area contributed by atoms with Gasteiger partial charge in [0.2, 0.25) is 5.91 Å². The summed E-state index contributed by atoms with van der Waals surface area (Å²) >= 11 is 0. The molecule has 0 aliphatic carbocycles. The Morgan fingerprint density at radius 2 is 2.16 bits per heavy atom. The van der Waals surface area contributed by atoms with Crippen LogP contribution >= 0.6 is 0 Å². The van der Waals surface area contributed by atoms with Gasteiger partial charge in [0.1, 0.15) is 5.76 Å². The van der Waals surface area contributed by atoms with Crippen LogP contribution in [0.4, 0.5) is 0 Å². The van der Waals surface area contributed by atoms with E-state index in [0.717, 1.165) is 30.0 Å². The van der Waals surface area contributed by atoms with Crippen LogP contribution in [0.2, 0.25) is 0 Å². The molecular weight excluding hydrogens is 316 g/mol. The van der Waals surface area contributed by atoms with Gasteiger partial charge >= 0.3 is 0 Å². The average molecular weight is 344 g/mol. The minimum Gasteiger partial charge on any atom is -0.469 e. The number of aromatic nitrogens is 2. The number of hydrogen-bond donors (Lipinski definition) is 1. The Bertz CT molecular complexity index is 735. The van der Waals surface area contributed by atoms with Gasteiger partial charge in [-0.2, -0.15) is 5.10 Å². The molecule has 6 nitrogen and oxygen atoms in total. The highest BCUT2D eigenvalue weighted by Gasteiger charge is 2.41. The maximum atomic E-state index is 12.4. The highest BCUT2D eigenvalue weighted by atomic mass is 16.3. The van der Waals surface area contributed by atoms with E-state index in [4.69, 9.17) is 4.42 Å². The van der Waals surface area contributed by atoms with E-state index in [1.807, 2.05) is 42.7 Å². The third kappa shape index (κ3) is 3.49. The van der Waals surface area contributed by atoms with Gasteiger partial charge in [0.25, 0.3) is 0 Å². The molecule has 2 aromatic heterocycles. The van der Waals surface area contributed by atoms with Gasteiger partial charge in [-0.05, 0) is 39.3 Å². The second-order valence-electron chi connectivity index (χ2n) is 7.15. The number of carbonyl (C=O) groups is 1. The maximum Gasteiger partial charge on any atom is 0.224 e. The van der Waals surface area contributed by atoms with Crippen LogP contribution in [-0.4, -0.2) is 39.7 Å². The van der Waals surface area contributed by atoms with E-state index < -0.39 is 0 Å². The third-order valence-corrected chi connectivity index (χ3v) is 5.35. The van der Waals surface area contributed by atoms with Crippen LogP contribution in [0.25, 0.3) is 0 Å². The molecule has 0 aromatic carbocycles. The van der Waals surface area contributed by atoms with Crippen molar-refractivity contribution in [1.29, 1.82) is 0 Å². The summed E-state index contributed by atoms with van der Waals surface area (Å²) in [5.41, 5.74) is 3.30. The summed E-state index contributed by atoms with van der Waals surface area (Å²) in [6.07, 6.45) is 4.11. The molecule has 1 aliphatic heterocycles. The smallest absolute Gasteiger partial charge is 0.224 e. The maximum absolute atomic E-state index is 12.4. The second kappa shape index (κ2) is 7.04. The first-order valence-electron chi connectivity index (χ1n) is 8.92. The minimum atomic E-state index is 0.0345. The first kappa shape index (κ1) is 17.7. The molecule has 136 valence electrons. The predicted octanol–water partition coefficient (Wildman–Crippen LogP) is 2.51. The lowest BCUT2D eigenvalue weighted by Crippen LogP contribution is -2.40. The van der Waals surface area contributed by atoms with Gasteiger partial charge in [-0.25, -0.2) is 0 Å². The summed E-state index contributed by atoms with van der Waals surface area (Å²) in [4.78, 5) is 14.2. The van der Waals surface area contributed by atoms with Crippen LogP contribution in [0.5, 0.6) is 0 Å². The zero-order chi connectivity index (χ0) is 18.1. The van der Waals surface area contributed by atoms with Crippen molar-refractivity contribution in [1.82, 2.24) is 20.0 Å². The van der Waals surface area contributed by atoms with Crippen LogP contribution in [0, 0.1) is 13.8 Å². The van der Waals surface area contributed by atoms with Gasteiger partial charge in [0.05, 0.1) is 18.0 Å². The number of rotatable bonds is 6. The van der Waals surface area contributed by atoms with E-state index in [-0.39, 0.29) is 18.0 Å². The summed E-state index contributed by atoms with van der Waals surface area (Å²) in [5.74, 6) is 1.19. The Hall–Kier alpha value is -2.08. The van der Waals surface area contributed by atoms with Crippen LogP contribution in [-0.2, 0) is 18.3 Å². The molecule has 1 unspecified atom stereocenters. The van der Waals surface area contributed by atoms with E-state index in [9.17, 15) is 4.79 Å². The van der Waals surface area contributed by atoms with Crippen molar-refractivity contribution < 1.29 is 9.21 Å². The van der Waals surface area contributed by atoms with Gasteiger partial charge < -0.3 is 14.6 Å². The van der Waals surface area contributed by atoms with Crippen molar-refractivity contribution in [3.05, 3.63) is 41.1 Å². The van der Waals surface area contributed by atoms with Gasteiger partial charge in [-0.15, -0.1) is 0 Å². The summed E-state index contributed by atoms with van der Waals surface area (Å²) in [6, 6.07) is 4.36. The Labute approximate surface area is 149 Å². The highest BCUT2D eigenvalue weighted by molar-refractivity contribution is 5.80. The lowest BCUT2D eigenvalue weighted by Gasteiger charge is -2.28. The van der Waals surface area contributed by atoms with Gasteiger partial charge in [-0.3, -0.25) is 9.48 Å². The van der Waals surface area contributed by atoms with Crippen LogP contribution in [0.15, 0.2) is 22.8 Å². The monoisotopic (exact) mass is 344 g/mol. The van der Waals surface area contributed by atoms with E-state index in [2.05, 4.69) is 24.3 Å². The molecule has 3 rings (SSSR count). The van der Waals surface area contributed by atoms with E-state index in [1.165, 1.54) is 5.56 Å². The number of furan rings is 1. The molecule has 1 amide bonds. The van der Waals surface area contributed by atoms with Crippen molar-refractivity contribution >= 4 is 5.91 Å². The summed E-state index contributed by atoms with van der Waals surface area (Å²) < 4.78 is 7.31. The van der Waals surface area contributed by atoms with Crippen LogP contribution < -0.4 is 5.32 Å². The number of hydrogen-bond acceptors (Lipinski definition) is 4. The molecule has 3 heterocycles. The molecule has 1 aliphatic rings. The van der Waals surface area contributed by atoms with Crippen molar-refractivity contribution in [2.75, 3.05) is 7.05 Å². The first-order chi connectivity index (χ1) is 11.9. The molecule has 0 spiro atoms. The molecular formula is C19H28N4O2. The normalized spacial score (nSPS) is 22.0. The van der Waals surface area contributed by atoms with E-state index >= 15 is 0 Å². The number of likely N-dealkylation sites (tertiary alicyclic amines) is 1. The number of nitrogens with one attached hydrogen (secondary N) is 1. The molecule has 1 saturated heterocycles. The zero-order valence-corrected chi connectivity index (χ0v) is 15.7. The first-order valence-corrected chi connectivity index (χ1v) is 8.92. The Kier molecular flexibility index (Phi) is 4.99. The van der Waals surface area contributed by atoms with E-state index in [1.54, 1.807) is 6.26 Å². The molecule has 3 atom stereocenters. The molecule has 2 aromatic rings. The summed E-state index contributed by atoms with van der Waals surface area (Å²) in [7, 11) is 3.85. The second-order valence-corrected chi connectivity index (χ2v) is 7.15. The number of aryl methyl sites for hydroxylation is 3. The fourth-order valence-corrected chi connectivity index (χ4v) is 3.89. The largest absolute Gasteiger partial charge is 0.469 e. The lowest BCUT2D eigenvalue weighted by molar-refractivity contribution is -0.127. The number of amides is 1. The van der Waals surface area contributed by atoms with Crippen molar-refractivity contribution in [3.63, 3.8) is 0 Å². The highest BCUT2D eigenvalue weighted by Crippen LogP contribution is 2.35. The lowest BCUT2D eigenvalue weighted by atomic mass is 9.97. The SMILES string of the molecule is Cc1nn(C)c(C)c1[C@H]1[C@H](NC(C)CCc2ccco2)CC(=O)N1C. The molecule has 6 heteroatoms. The number of nitrogens with zero attached hydrogens (tertiary/aromatic N) is 3. The van der Waals surface area contributed by atoms with Gasteiger partial charge in [-0.1, -0.05) is 0 Å². The Balaban J connectivity index is 1.73. The van der Waals surface area contributed by atoms with Crippen LogP contribution in [0.1, 0.15) is 48.5 Å². The van der Waals surface area contributed by atoms with E-state index in [0.29, 0.717) is 12.5 Å². The third-order valence-electron chi connectivity index (χ3n) is 5.35. The summed E-state index contributed by atoms with van der Waals surface area (Å²) in [5, 5.41) is 8.21. The minimum absolute atomic E-state index is 0.0345. The zero-order valence-electron chi connectivity index (χ0n) is 15.7. The molecule has 1 fully saturated rings. The fourth-order valence-electron chi connectivity index (χ4n) is 3.89. The molecule has 0 bridgehead atoms. The van der Waals surface area contributed by atoms with Gasteiger partial charge in [0.15, 0.2) is 0 Å². The Morgan fingerprint density at radius 3 is 2.76 bits per heavy atom. The summed E-state index contributed by atoms with van der Waals surface area (Å²) in [6.45, 7) is 6.27. The van der Waals surface area contributed by atoms with Gasteiger partial charge in [0, 0.05) is 50.3 Å². The average Bonchev–Trinajstić information content (AvgIpc) is 3.22. The standard InChI is InChI=1S/C19H28N4O2/c1-12(8-9-15-7-6-10-25-15)20-16-11-17(24)22(4)19(16)18-13(2)21-23(5)14(18)3/h6-7,10,12,16,19-20H,8-9,11H2,1-5H3/t12?,16-,19-/m1/s1. The quantitative estimate of drug-likeness (QED) is 0.875. The number of carbonyl (C=O) groups excluding carboxylic acids is 1. The molecule has 0 radical (unpaired) electrons. The molecule has 0 saturated carbocycles. The predicted molar refractivity (Wildman–Crippen MR) is 96.2 cm³/mol. The molecule has 25 heavy (non-hydrogen) atoms. The van der Waals surface area contributed by atoms with Crippen molar-refractivity contribution in [3.8, 4) is 0 Å². The van der Waals surface area contributed by atoms with Crippen molar-refractivity contribution in [2.24, 2.45) is 7.05 Å².